The molecule has 2 aliphatic rings. The molecule has 0 radical (unpaired) electrons. The van der Waals surface area contributed by atoms with Crippen molar-refractivity contribution in [3.05, 3.63) is 11.1 Å². The van der Waals surface area contributed by atoms with Crippen LogP contribution in [0.4, 0.5) is 0 Å². The predicted octanol–water partition coefficient (Wildman–Crippen LogP) is 1.86. The van der Waals surface area contributed by atoms with E-state index in [2.05, 4.69) is 13.8 Å². The molecule has 2 rings (SSSR count). The standard InChI is InChI=1S/C15H26O3/c1-9-10(8-16)5-6-15(4,18)11-7-14(2,3)13(17)12(9)11/h10-11,13,16-18H,5-8H2,1-4H3. The van der Waals surface area contributed by atoms with Crippen LogP contribution in [0, 0.1) is 17.3 Å². The van der Waals surface area contributed by atoms with Crippen LogP contribution in [-0.4, -0.2) is 33.6 Å². The fourth-order valence-corrected chi connectivity index (χ4v) is 3.73. The quantitative estimate of drug-likeness (QED) is 0.626. The van der Waals surface area contributed by atoms with Gasteiger partial charge in [-0.1, -0.05) is 19.4 Å². The highest BCUT2D eigenvalue weighted by Gasteiger charge is 2.52. The third-order valence-electron chi connectivity index (χ3n) is 5.18. The third kappa shape index (κ3) is 2.02. The van der Waals surface area contributed by atoms with Crippen LogP contribution < -0.4 is 0 Å². The molecule has 3 N–H and O–H groups in total. The first-order valence-corrected chi connectivity index (χ1v) is 6.92. The van der Waals surface area contributed by atoms with Crippen LogP contribution in [-0.2, 0) is 0 Å². The van der Waals surface area contributed by atoms with Crippen LogP contribution in [0.15, 0.2) is 11.1 Å². The van der Waals surface area contributed by atoms with Crippen LogP contribution in [0.2, 0.25) is 0 Å². The first kappa shape index (κ1) is 14.0. The molecule has 1 fully saturated rings. The smallest absolute Gasteiger partial charge is 0.0807 e. The molecule has 0 aromatic carbocycles. The van der Waals surface area contributed by atoms with Crippen molar-refractivity contribution in [2.45, 2.75) is 58.7 Å². The Balaban J connectivity index is 2.51. The summed E-state index contributed by atoms with van der Waals surface area (Å²) in [6, 6.07) is 0. The Morgan fingerprint density at radius 3 is 2.44 bits per heavy atom. The summed E-state index contributed by atoms with van der Waals surface area (Å²) in [4.78, 5) is 0. The molecule has 0 spiro atoms. The number of hydrogen-bond donors (Lipinski definition) is 3. The van der Waals surface area contributed by atoms with E-state index in [0.29, 0.717) is 6.42 Å². The highest BCUT2D eigenvalue weighted by atomic mass is 16.3. The van der Waals surface area contributed by atoms with Crippen LogP contribution >= 0.6 is 0 Å². The van der Waals surface area contributed by atoms with Gasteiger partial charge in [0.2, 0.25) is 0 Å². The van der Waals surface area contributed by atoms with Gasteiger partial charge in [0.1, 0.15) is 0 Å². The lowest BCUT2D eigenvalue weighted by Gasteiger charge is -2.30. The molecule has 1 saturated carbocycles. The number of hydrogen-bond acceptors (Lipinski definition) is 3. The van der Waals surface area contributed by atoms with E-state index in [-0.39, 0.29) is 23.9 Å². The molecular weight excluding hydrogens is 228 g/mol. The summed E-state index contributed by atoms with van der Waals surface area (Å²) in [5.41, 5.74) is 1.12. The second kappa shape index (κ2) is 4.32. The van der Waals surface area contributed by atoms with Gasteiger partial charge in [-0.25, -0.2) is 0 Å². The maximum Gasteiger partial charge on any atom is 0.0807 e. The topological polar surface area (TPSA) is 60.7 Å². The van der Waals surface area contributed by atoms with Gasteiger partial charge in [0.05, 0.1) is 11.7 Å². The average Bonchev–Trinajstić information content (AvgIpc) is 2.46. The number of rotatable bonds is 1. The van der Waals surface area contributed by atoms with E-state index in [1.54, 1.807) is 0 Å². The Kier molecular flexibility index (Phi) is 3.37. The van der Waals surface area contributed by atoms with Crippen molar-refractivity contribution >= 4 is 0 Å². The largest absolute Gasteiger partial charge is 0.396 e. The molecule has 4 atom stereocenters. The molecule has 3 heteroatoms. The molecule has 3 nitrogen and oxygen atoms in total. The van der Waals surface area contributed by atoms with Crippen molar-refractivity contribution in [3.63, 3.8) is 0 Å². The second-order valence-corrected chi connectivity index (χ2v) is 7.06. The Morgan fingerprint density at radius 2 is 1.89 bits per heavy atom. The van der Waals surface area contributed by atoms with Crippen molar-refractivity contribution in [3.8, 4) is 0 Å². The highest BCUT2D eigenvalue weighted by Crippen LogP contribution is 2.53. The second-order valence-electron chi connectivity index (χ2n) is 7.06. The monoisotopic (exact) mass is 254 g/mol. The van der Waals surface area contributed by atoms with Crippen LogP contribution in [0.1, 0.15) is 47.0 Å². The van der Waals surface area contributed by atoms with Gasteiger partial charge < -0.3 is 15.3 Å². The summed E-state index contributed by atoms with van der Waals surface area (Å²) in [5, 5.41) is 30.7. The van der Waals surface area contributed by atoms with E-state index in [0.717, 1.165) is 24.0 Å². The molecular formula is C15H26O3. The van der Waals surface area contributed by atoms with E-state index < -0.39 is 11.7 Å². The first-order valence-electron chi connectivity index (χ1n) is 6.92. The van der Waals surface area contributed by atoms with Crippen LogP contribution in [0.25, 0.3) is 0 Å². The van der Waals surface area contributed by atoms with Crippen molar-refractivity contribution in [1.29, 1.82) is 0 Å². The number of aliphatic hydroxyl groups is 3. The average molecular weight is 254 g/mol. The summed E-state index contributed by atoms with van der Waals surface area (Å²) in [7, 11) is 0. The molecule has 18 heavy (non-hydrogen) atoms. The van der Waals surface area contributed by atoms with Gasteiger partial charge in [0.25, 0.3) is 0 Å². The SMILES string of the molecule is CC1=C2C(O)C(C)(C)CC2C(C)(O)CCC1CO. The van der Waals surface area contributed by atoms with Crippen molar-refractivity contribution < 1.29 is 15.3 Å². The number of aliphatic hydroxyl groups excluding tert-OH is 2. The zero-order valence-corrected chi connectivity index (χ0v) is 11.9. The minimum absolute atomic E-state index is 0.0269. The molecule has 0 bridgehead atoms. The Bertz CT molecular complexity index is 368. The Hall–Kier alpha value is -0.380. The first-order chi connectivity index (χ1) is 8.20. The van der Waals surface area contributed by atoms with Gasteiger partial charge in [-0.15, -0.1) is 0 Å². The summed E-state index contributed by atoms with van der Waals surface area (Å²) in [6.45, 7) is 8.09. The van der Waals surface area contributed by atoms with Gasteiger partial charge in [0, 0.05) is 18.4 Å². The van der Waals surface area contributed by atoms with E-state index >= 15 is 0 Å². The fourth-order valence-electron chi connectivity index (χ4n) is 3.73. The van der Waals surface area contributed by atoms with Gasteiger partial charge >= 0.3 is 0 Å². The van der Waals surface area contributed by atoms with Crippen LogP contribution in [0.5, 0.6) is 0 Å². The molecule has 104 valence electrons. The minimum Gasteiger partial charge on any atom is -0.396 e. The van der Waals surface area contributed by atoms with E-state index in [9.17, 15) is 15.3 Å². The molecule has 0 aliphatic heterocycles. The van der Waals surface area contributed by atoms with E-state index in [1.165, 1.54) is 0 Å². The van der Waals surface area contributed by atoms with E-state index in [4.69, 9.17) is 0 Å². The Morgan fingerprint density at radius 1 is 1.28 bits per heavy atom. The van der Waals surface area contributed by atoms with Crippen molar-refractivity contribution in [1.82, 2.24) is 0 Å². The minimum atomic E-state index is -0.769. The van der Waals surface area contributed by atoms with Crippen molar-refractivity contribution in [2.75, 3.05) is 6.61 Å². The van der Waals surface area contributed by atoms with Gasteiger partial charge in [-0.3, -0.25) is 0 Å². The summed E-state index contributed by atoms with van der Waals surface area (Å²) < 4.78 is 0. The maximum atomic E-state index is 10.7. The Labute approximate surface area is 110 Å². The molecule has 0 saturated heterocycles. The number of fused-ring (bicyclic) bond motifs is 1. The van der Waals surface area contributed by atoms with E-state index in [1.807, 2.05) is 13.8 Å². The van der Waals surface area contributed by atoms with Crippen LogP contribution in [0.3, 0.4) is 0 Å². The normalized spacial score (nSPS) is 43.8. The zero-order chi connectivity index (χ0) is 13.7. The molecule has 0 aromatic heterocycles. The third-order valence-corrected chi connectivity index (χ3v) is 5.18. The highest BCUT2D eigenvalue weighted by molar-refractivity contribution is 5.32. The molecule has 0 amide bonds. The summed E-state index contributed by atoms with van der Waals surface area (Å²) in [6.07, 6.45) is 1.79. The van der Waals surface area contributed by atoms with Crippen molar-refractivity contribution in [2.24, 2.45) is 17.3 Å². The lowest BCUT2D eigenvalue weighted by atomic mass is 9.81. The van der Waals surface area contributed by atoms with Gasteiger partial charge in [0.15, 0.2) is 0 Å². The molecule has 0 aromatic rings. The molecule has 0 heterocycles. The van der Waals surface area contributed by atoms with Gasteiger partial charge in [-0.05, 0) is 44.1 Å². The summed E-state index contributed by atoms with van der Waals surface area (Å²) in [5.74, 6) is 0.110. The lowest BCUT2D eigenvalue weighted by Crippen LogP contribution is -2.34. The lowest BCUT2D eigenvalue weighted by molar-refractivity contribution is -0.0000356. The zero-order valence-electron chi connectivity index (χ0n) is 11.9. The summed E-state index contributed by atoms with van der Waals surface area (Å²) >= 11 is 0. The predicted molar refractivity (Wildman–Crippen MR) is 71.0 cm³/mol. The van der Waals surface area contributed by atoms with Gasteiger partial charge in [-0.2, -0.15) is 0 Å². The molecule has 2 aliphatic carbocycles. The molecule has 4 unspecified atom stereocenters. The fraction of sp³-hybridized carbons (Fsp3) is 0.867. The maximum absolute atomic E-state index is 10.7.